The highest BCUT2D eigenvalue weighted by molar-refractivity contribution is 5.57. The molecule has 0 aliphatic heterocycles. The predicted molar refractivity (Wildman–Crippen MR) is 65.7 cm³/mol. The van der Waals surface area contributed by atoms with E-state index in [1.807, 2.05) is 0 Å². The van der Waals surface area contributed by atoms with Gasteiger partial charge in [-0.05, 0) is 31.2 Å². The smallest absolute Gasteiger partial charge is 0.311 e. The number of anilines is 2. The normalized spacial score (nSPS) is 23.6. The molecule has 1 aromatic heterocycles. The zero-order valence-electron chi connectivity index (χ0n) is 9.72. The zero-order chi connectivity index (χ0) is 12.4. The van der Waals surface area contributed by atoms with Gasteiger partial charge in [-0.2, -0.15) is 0 Å². The molecule has 17 heavy (non-hydrogen) atoms. The van der Waals surface area contributed by atoms with Gasteiger partial charge >= 0.3 is 5.69 Å². The van der Waals surface area contributed by atoms with Crippen molar-refractivity contribution < 1.29 is 4.92 Å². The highest BCUT2D eigenvalue weighted by Crippen LogP contribution is 2.28. The lowest BCUT2D eigenvalue weighted by Crippen LogP contribution is -2.16. The highest BCUT2D eigenvalue weighted by Gasteiger charge is 2.22. The molecule has 1 saturated carbocycles. The first kappa shape index (κ1) is 11.6. The summed E-state index contributed by atoms with van der Waals surface area (Å²) >= 11 is 0. The summed E-state index contributed by atoms with van der Waals surface area (Å²) in [4.78, 5) is 14.1. The SMILES string of the molecule is CC1CCC(Nc2ccc([N+](=O)[O-])c(N)n2)C1. The lowest BCUT2D eigenvalue weighted by molar-refractivity contribution is -0.384. The third-order valence-corrected chi connectivity index (χ3v) is 3.15. The molecule has 1 aromatic rings. The number of nitrogen functional groups attached to an aromatic ring is 1. The van der Waals surface area contributed by atoms with E-state index in [9.17, 15) is 10.1 Å². The number of hydrogen-bond donors (Lipinski definition) is 2. The van der Waals surface area contributed by atoms with E-state index in [4.69, 9.17) is 5.73 Å². The van der Waals surface area contributed by atoms with Gasteiger partial charge < -0.3 is 11.1 Å². The summed E-state index contributed by atoms with van der Waals surface area (Å²) in [5.74, 6) is 1.31. The van der Waals surface area contributed by atoms with Crippen LogP contribution in [0.5, 0.6) is 0 Å². The molecule has 1 aliphatic rings. The Hall–Kier alpha value is -1.85. The Balaban J connectivity index is 2.07. The fourth-order valence-electron chi connectivity index (χ4n) is 2.25. The lowest BCUT2D eigenvalue weighted by Gasteiger charge is -2.13. The van der Waals surface area contributed by atoms with Gasteiger partial charge in [0, 0.05) is 12.1 Å². The van der Waals surface area contributed by atoms with Crippen molar-refractivity contribution in [2.45, 2.75) is 32.2 Å². The van der Waals surface area contributed by atoms with E-state index >= 15 is 0 Å². The van der Waals surface area contributed by atoms with Gasteiger partial charge in [0.05, 0.1) is 4.92 Å². The van der Waals surface area contributed by atoms with Gasteiger partial charge in [-0.25, -0.2) is 4.98 Å². The third kappa shape index (κ3) is 2.64. The van der Waals surface area contributed by atoms with Crippen LogP contribution in [-0.4, -0.2) is 15.9 Å². The molecule has 2 rings (SSSR count). The van der Waals surface area contributed by atoms with Crippen molar-refractivity contribution in [3.8, 4) is 0 Å². The Kier molecular flexibility index (Phi) is 3.12. The van der Waals surface area contributed by atoms with Crippen LogP contribution in [0.1, 0.15) is 26.2 Å². The molecular formula is C11H16N4O2. The molecule has 0 amide bonds. The second-order valence-corrected chi connectivity index (χ2v) is 4.62. The second-order valence-electron chi connectivity index (χ2n) is 4.62. The molecule has 0 saturated heterocycles. The summed E-state index contributed by atoms with van der Waals surface area (Å²) in [6.07, 6.45) is 3.43. The van der Waals surface area contributed by atoms with Crippen LogP contribution in [0.15, 0.2) is 12.1 Å². The molecule has 92 valence electrons. The van der Waals surface area contributed by atoms with Crippen LogP contribution < -0.4 is 11.1 Å². The molecule has 3 N–H and O–H groups in total. The van der Waals surface area contributed by atoms with Crippen molar-refractivity contribution in [2.24, 2.45) is 5.92 Å². The van der Waals surface area contributed by atoms with Gasteiger partial charge in [0.2, 0.25) is 5.82 Å². The fraction of sp³-hybridized carbons (Fsp3) is 0.545. The monoisotopic (exact) mass is 236 g/mol. The maximum absolute atomic E-state index is 10.6. The average molecular weight is 236 g/mol. The lowest BCUT2D eigenvalue weighted by atomic mass is 10.1. The molecule has 0 spiro atoms. The maximum Gasteiger partial charge on any atom is 0.311 e. The maximum atomic E-state index is 10.6. The van der Waals surface area contributed by atoms with Gasteiger partial charge in [-0.15, -0.1) is 0 Å². The number of hydrogen-bond acceptors (Lipinski definition) is 5. The topological polar surface area (TPSA) is 94.1 Å². The number of nitro groups is 1. The first-order valence-electron chi connectivity index (χ1n) is 5.73. The summed E-state index contributed by atoms with van der Waals surface area (Å²) in [6.45, 7) is 2.22. The quantitative estimate of drug-likeness (QED) is 0.619. The summed E-state index contributed by atoms with van der Waals surface area (Å²) < 4.78 is 0. The summed E-state index contributed by atoms with van der Waals surface area (Å²) in [5.41, 5.74) is 5.39. The molecule has 2 atom stereocenters. The largest absolute Gasteiger partial charge is 0.378 e. The molecule has 6 heteroatoms. The van der Waals surface area contributed by atoms with E-state index in [1.165, 1.54) is 12.5 Å². The van der Waals surface area contributed by atoms with Crippen molar-refractivity contribution in [1.82, 2.24) is 4.98 Å². The Bertz CT molecular complexity index is 435. The van der Waals surface area contributed by atoms with Gasteiger partial charge in [0.1, 0.15) is 5.82 Å². The Labute approximate surface area is 99.4 Å². The number of pyridine rings is 1. The minimum absolute atomic E-state index is 0.0361. The first-order valence-corrected chi connectivity index (χ1v) is 5.73. The van der Waals surface area contributed by atoms with Crippen LogP contribution >= 0.6 is 0 Å². The number of rotatable bonds is 3. The molecule has 1 aliphatic carbocycles. The Morgan fingerprint density at radius 1 is 1.53 bits per heavy atom. The van der Waals surface area contributed by atoms with E-state index in [1.54, 1.807) is 6.07 Å². The number of nitrogens with one attached hydrogen (secondary N) is 1. The molecule has 0 aromatic carbocycles. The van der Waals surface area contributed by atoms with Crippen molar-refractivity contribution in [3.05, 3.63) is 22.2 Å². The van der Waals surface area contributed by atoms with Gasteiger partial charge in [-0.3, -0.25) is 10.1 Å². The fourth-order valence-corrected chi connectivity index (χ4v) is 2.25. The Morgan fingerprint density at radius 2 is 2.29 bits per heavy atom. The standard InChI is InChI=1S/C11H16N4O2/c1-7-2-3-8(6-7)13-10-5-4-9(15(16)17)11(12)14-10/h4-5,7-8H,2-3,6H2,1H3,(H3,12,13,14). The van der Waals surface area contributed by atoms with Crippen molar-refractivity contribution in [3.63, 3.8) is 0 Å². The molecular weight excluding hydrogens is 220 g/mol. The number of nitrogens with zero attached hydrogens (tertiary/aromatic N) is 2. The van der Waals surface area contributed by atoms with Crippen LogP contribution in [0.2, 0.25) is 0 Å². The van der Waals surface area contributed by atoms with E-state index in [0.717, 1.165) is 18.8 Å². The van der Waals surface area contributed by atoms with Crippen molar-refractivity contribution in [1.29, 1.82) is 0 Å². The summed E-state index contributed by atoms with van der Waals surface area (Å²) in [5, 5.41) is 13.9. The van der Waals surface area contributed by atoms with E-state index in [2.05, 4.69) is 17.2 Å². The number of aromatic nitrogens is 1. The molecule has 0 radical (unpaired) electrons. The van der Waals surface area contributed by atoms with E-state index < -0.39 is 4.92 Å². The molecule has 2 unspecified atom stereocenters. The average Bonchev–Trinajstić information content (AvgIpc) is 2.63. The second kappa shape index (κ2) is 4.57. The molecule has 0 bridgehead atoms. The number of nitrogens with two attached hydrogens (primary N) is 1. The molecule has 6 nitrogen and oxygen atoms in total. The van der Waals surface area contributed by atoms with Gasteiger partial charge in [0.15, 0.2) is 0 Å². The van der Waals surface area contributed by atoms with Crippen molar-refractivity contribution in [2.75, 3.05) is 11.1 Å². The van der Waals surface area contributed by atoms with Gasteiger partial charge in [0.25, 0.3) is 0 Å². The minimum Gasteiger partial charge on any atom is -0.378 e. The predicted octanol–water partition coefficient (Wildman–Crippen LogP) is 2.17. The van der Waals surface area contributed by atoms with Crippen LogP contribution in [0.4, 0.5) is 17.3 Å². The third-order valence-electron chi connectivity index (χ3n) is 3.15. The minimum atomic E-state index is -0.524. The van der Waals surface area contributed by atoms with Crippen LogP contribution in [0, 0.1) is 16.0 Å². The zero-order valence-corrected chi connectivity index (χ0v) is 9.72. The summed E-state index contributed by atoms with van der Waals surface area (Å²) in [7, 11) is 0. The van der Waals surface area contributed by atoms with Crippen LogP contribution in [-0.2, 0) is 0 Å². The van der Waals surface area contributed by atoms with Crippen LogP contribution in [0.3, 0.4) is 0 Å². The highest BCUT2D eigenvalue weighted by atomic mass is 16.6. The summed E-state index contributed by atoms with van der Waals surface area (Å²) in [6, 6.07) is 3.40. The van der Waals surface area contributed by atoms with Crippen molar-refractivity contribution >= 4 is 17.3 Å². The molecule has 1 heterocycles. The molecule has 1 fully saturated rings. The van der Waals surface area contributed by atoms with Crippen LogP contribution in [0.25, 0.3) is 0 Å². The van der Waals surface area contributed by atoms with E-state index in [-0.39, 0.29) is 11.5 Å². The Morgan fingerprint density at radius 3 is 2.82 bits per heavy atom. The van der Waals surface area contributed by atoms with Gasteiger partial charge in [-0.1, -0.05) is 6.92 Å². The first-order chi connectivity index (χ1) is 8.06. The van der Waals surface area contributed by atoms with E-state index in [0.29, 0.717) is 11.9 Å².